The molecule has 13 heteroatoms. The Kier molecular flexibility index (Phi) is 9.10. The summed E-state index contributed by atoms with van der Waals surface area (Å²) in [4.78, 5) is 8.99. The van der Waals surface area contributed by atoms with Crippen LogP contribution in [0.15, 0.2) is 96.9 Å². The molecule has 2 aromatic heterocycles. The molecule has 0 radical (unpaired) electrons. The minimum atomic E-state index is -1.08. The van der Waals surface area contributed by atoms with Gasteiger partial charge in [-0.2, -0.15) is 0 Å². The van der Waals surface area contributed by atoms with E-state index in [9.17, 15) is 0 Å². The molecule has 2 aliphatic heterocycles. The molecule has 2 aliphatic rings. The van der Waals surface area contributed by atoms with E-state index in [1.807, 2.05) is 39.8 Å². The second kappa shape index (κ2) is 13.5. The van der Waals surface area contributed by atoms with Gasteiger partial charge in [0, 0.05) is 66.2 Å². The van der Waals surface area contributed by atoms with E-state index in [-0.39, 0.29) is 6.10 Å². The molecule has 0 unspecified atom stereocenters. The molecule has 10 nitrogen and oxygen atoms in total. The van der Waals surface area contributed by atoms with Gasteiger partial charge in [-0.1, -0.05) is 41.0 Å². The summed E-state index contributed by atoms with van der Waals surface area (Å²) >= 11 is 14.3. The number of nitrogens with zero attached hydrogens (tertiary/aromatic N) is 7. The van der Waals surface area contributed by atoms with E-state index in [0.717, 1.165) is 42.8 Å². The van der Waals surface area contributed by atoms with Crippen molar-refractivity contribution >= 4 is 46.3 Å². The molecule has 3 aromatic carbocycles. The van der Waals surface area contributed by atoms with Crippen molar-refractivity contribution in [3.63, 3.8) is 0 Å². The highest BCUT2D eigenvalue weighted by molar-refractivity contribution is 7.98. The average Bonchev–Trinajstić information content (AvgIpc) is 3.87. The van der Waals surface area contributed by atoms with E-state index in [1.165, 1.54) is 11.4 Å². The van der Waals surface area contributed by atoms with Crippen LogP contribution in [0, 0.1) is 0 Å². The van der Waals surface area contributed by atoms with Crippen molar-refractivity contribution in [1.82, 2.24) is 24.3 Å². The van der Waals surface area contributed by atoms with Crippen LogP contribution in [-0.2, 0) is 21.8 Å². The molecule has 7 rings (SSSR count). The van der Waals surface area contributed by atoms with E-state index in [2.05, 4.69) is 61.4 Å². The Balaban J connectivity index is 0.931. The second-order valence-corrected chi connectivity index (χ2v) is 12.8. The molecular weight excluding hydrogens is 645 g/mol. The Morgan fingerprint density at radius 3 is 2.26 bits per heavy atom. The normalized spacial score (nSPS) is 19.9. The van der Waals surface area contributed by atoms with Crippen LogP contribution in [0.5, 0.6) is 5.75 Å². The fraction of sp³-hybridized carbons (Fsp3) is 0.303. The highest BCUT2D eigenvalue weighted by Crippen LogP contribution is 2.40. The summed E-state index contributed by atoms with van der Waals surface area (Å²) < 4.78 is 22.9. The lowest BCUT2D eigenvalue weighted by molar-refractivity contribution is -0.189. The number of ether oxygens (including phenoxy) is 3. The molecule has 2 fully saturated rings. The lowest BCUT2D eigenvalue weighted by Gasteiger charge is -2.37. The number of hydrogen-bond acceptors (Lipinski definition) is 9. The van der Waals surface area contributed by atoms with Gasteiger partial charge in [-0.25, -0.2) is 4.98 Å². The van der Waals surface area contributed by atoms with Gasteiger partial charge >= 0.3 is 0 Å². The van der Waals surface area contributed by atoms with Crippen LogP contribution in [0.1, 0.15) is 5.56 Å². The quantitative estimate of drug-likeness (QED) is 0.161. The third-order valence-electron chi connectivity index (χ3n) is 8.26. The maximum absolute atomic E-state index is 6.60. The number of halogens is 2. The zero-order valence-corrected chi connectivity index (χ0v) is 27.5. The Morgan fingerprint density at radius 2 is 1.61 bits per heavy atom. The Hall–Kier alpha value is -3.74. The zero-order valence-electron chi connectivity index (χ0n) is 25.2. The number of rotatable bonds is 10. The van der Waals surface area contributed by atoms with Crippen LogP contribution in [0.25, 0.3) is 5.69 Å². The largest absolute Gasteiger partial charge is 0.491 e. The van der Waals surface area contributed by atoms with Crippen molar-refractivity contribution in [2.24, 2.45) is 0 Å². The van der Waals surface area contributed by atoms with E-state index in [1.54, 1.807) is 42.7 Å². The van der Waals surface area contributed by atoms with Crippen molar-refractivity contribution in [2.45, 2.75) is 23.6 Å². The van der Waals surface area contributed by atoms with E-state index in [4.69, 9.17) is 37.4 Å². The molecular formula is C33H33Cl2N7O3S. The van der Waals surface area contributed by atoms with Gasteiger partial charge in [-0.3, -0.25) is 4.57 Å². The van der Waals surface area contributed by atoms with Crippen molar-refractivity contribution in [3.8, 4) is 11.4 Å². The highest BCUT2D eigenvalue weighted by atomic mass is 35.5. The minimum absolute atomic E-state index is 0.290. The van der Waals surface area contributed by atoms with Gasteiger partial charge in [0.05, 0.1) is 24.5 Å². The summed E-state index contributed by atoms with van der Waals surface area (Å²) in [6.45, 7) is 4.84. The van der Waals surface area contributed by atoms with Gasteiger partial charge in [0.15, 0.2) is 5.16 Å². The van der Waals surface area contributed by atoms with Gasteiger partial charge in [-0.05, 0) is 66.9 Å². The summed E-state index contributed by atoms with van der Waals surface area (Å²) in [5, 5.41) is 10.1. The van der Waals surface area contributed by atoms with Crippen molar-refractivity contribution in [1.29, 1.82) is 0 Å². The van der Waals surface area contributed by atoms with Crippen LogP contribution in [-0.4, -0.2) is 76.1 Å². The van der Waals surface area contributed by atoms with Crippen LogP contribution in [0.4, 0.5) is 11.4 Å². The van der Waals surface area contributed by atoms with Gasteiger partial charge in [0.25, 0.3) is 0 Å². The third kappa shape index (κ3) is 6.56. The predicted molar refractivity (Wildman–Crippen MR) is 181 cm³/mol. The predicted octanol–water partition coefficient (Wildman–Crippen LogP) is 6.17. The topological polar surface area (TPSA) is 82.7 Å². The van der Waals surface area contributed by atoms with Gasteiger partial charge in [0.2, 0.25) is 5.79 Å². The number of aromatic nitrogens is 5. The van der Waals surface area contributed by atoms with Gasteiger partial charge in [-0.15, -0.1) is 10.2 Å². The molecule has 2 saturated heterocycles. The number of anilines is 2. The number of thioether (sulfide) groups is 1. The Labute approximate surface area is 281 Å². The molecule has 0 bridgehead atoms. The average molecular weight is 679 g/mol. The molecule has 0 saturated carbocycles. The Morgan fingerprint density at radius 1 is 0.913 bits per heavy atom. The minimum Gasteiger partial charge on any atom is -0.491 e. The molecule has 0 N–H and O–H groups in total. The first-order valence-electron chi connectivity index (χ1n) is 15.0. The summed E-state index contributed by atoms with van der Waals surface area (Å²) in [5.74, 6) is -0.305. The monoisotopic (exact) mass is 677 g/mol. The molecule has 238 valence electrons. The van der Waals surface area contributed by atoms with Gasteiger partial charge < -0.3 is 28.6 Å². The van der Waals surface area contributed by atoms with Crippen molar-refractivity contribution in [2.75, 3.05) is 55.4 Å². The number of imidazole rings is 1. The maximum atomic E-state index is 6.60. The SMILES string of the molecule is CSc1nncn1-c1ccc(N2CCN(c3ccc(OC[C@@H]4CO[C@@](Cn5ccnc5)(c5ccc(Cl)cc5Cl)O4)cc3)CC2)cc1. The fourth-order valence-corrected chi connectivity index (χ4v) is 6.94. The Bertz CT molecular complexity index is 1750. The lowest BCUT2D eigenvalue weighted by atomic mass is 10.1. The van der Waals surface area contributed by atoms with Crippen LogP contribution in [0.2, 0.25) is 10.0 Å². The lowest BCUT2D eigenvalue weighted by Crippen LogP contribution is -2.46. The maximum Gasteiger partial charge on any atom is 0.215 e. The second-order valence-electron chi connectivity index (χ2n) is 11.1. The summed E-state index contributed by atoms with van der Waals surface area (Å²) in [6.07, 6.45) is 8.78. The van der Waals surface area contributed by atoms with Crippen LogP contribution >= 0.6 is 35.0 Å². The first-order chi connectivity index (χ1) is 22.5. The number of piperazine rings is 1. The molecule has 2 atom stereocenters. The smallest absolute Gasteiger partial charge is 0.215 e. The van der Waals surface area contributed by atoms with Crippen LogP contribution in [0.3, 0.4) is 0 Å². The standard InChI is InChI=1S/C33H33Cl2N7O3S/c1-46-32-38-37-23-42(32)27-5-3-25(4-6-27)40-14-16-41(17-15-40)26-7-9-28(10-8-26)43-19-29-20-44-33(45-29,21-39-13-12-36-22-39)30-11-2-24(34)18-31(30)35/h2-13,18,22-23,29H,14-17,19-21H2,1H3/t29-,33-/m1/s1. The zero-order chi connectivity index (χ0) is 31.5. The summed E-state index contributed by atoms with van der Waals surface area (Å²) in [5.41, 5.74) is 4.17. The molecule has 4 heterocycles. The molecule has 0 aliphatic carbocycles. The first kappa shape index (κ1) is 30.9. The van der Waals surface area contributed by atoms with Crippen molar-refractivity contribution in [3.05, 3.63) is 107 Å². The van der Waals surface area contributed by atoms with Gasteiger partial charge in [0.1, 0.15) is 24.8 Å². The molecule has 0 spiro atoms. The van der Waals surface area contributed by atoms with E-state index in [0.29, 0.717) is 35.4 Å². The molecule has 0 amide bonds. The highest BCUT2D eigenvalue weighted by Gasteiger charge is 2.45. The van der Waals surface area contributed by atoms with E-state index >= 15 is 0 Å². The number of benzene rings is 3. The molecule has 46 heavy (non-hydrogen) atoms. The van der Waals surface area contributed by atoms with Crippen molar-refractivity contribution < 1.29 is 14.2 Å². The fourth-order valence-electron chi connectivity index (χ4n) is 5.91. The number of hydrogen-bond donors (Lipinski definition) is 0. The summed E-state index contributed by atoms with van der Waals surface area (Å²) in [6, 6.07) is 22.2. The molecule has 5 aromatic rings. The van der Waals surface area contributed by atoms with E-state index < -0.39 is 5.79 Å². The van der Waals surface area contributed by atoms with Crippen LogP contribution < -0.4 is 14.5 Å². The summed E-state index contributed by atoms with van der Waals surface area (Å²) in [7, 11) is 0. The first-order valence-corrected chi connectivity index (χ1v) is 17.0. The third-order valence-corrected chi connectivity index (χ3v) is 9.45.